The molecule has 21 heavy (non-hydrogen) atoms. The Kier molecular flexibility index (Phi) is 6.23. The van der Waals surface area contributed by atoms with Gasteiger partial charge in [-0.3, -0.25) is 9.59 Å². The van der Waals surface area contributed by atoms with Crippen molar-refractivity contribution in [2.24, 2.45) is 0 Å². The van der Waals surface area contributed by atoms with Gasteiger partial charge in [-0.15, -0.1) is 0 Å². The van der Waals surface area contributed by atoms with E-state index in [0.29, 0.717) is 0 Å². The van der Waals surface area contributed by atoms with Gasteiger partial charge in [-0.1, -0.05) is 6.07 Å². The number of halogens is 2. The van der Waals surface area contributed by atoms with Crippen LogP contribution in [-0.2, 0) is 9.59 Å². The number of carbonyl (C=O) groups excluding carboxylic acids is 2. The van der Waals surface area contributed by atoms with Gasteiger partial charge in [-0.25, -0.2) is 8.78 Å². The van der Waals surface area contributed by atoms with Crippen LogP contribution >= 0.6 is 0 Å². The maximum atomic E-state index is 13.8. The van der Waals surface area contributed by atoms with E-state index >= 15 is 0 Å². The molecule has 3 N–H and O–H groups in total. The second-order valence-electron chi connectivity index (χ2n) is 4.74. The van der Waals surface area contributed by atoms with E-state index in [-0.39, 0.29) is 18.6 Å². The molecule has 0 heterocycles. The van der Waals surface area contributed by atoms with Crippen molar-refractivity contribution in [1.29, 1.82) is 0 Å². The number of aliphatic hydroxyl groups is 1. The Labute approximate surface area is 121 Å². The summed E-state index contributed by atoms with van der Waals surface area (Å²) in [5.74, 6) is -2.71. The molecule has 0 aliphatic carbocycles. The SMILES string of the molecule is CC(=O)NC(CC(=O)NC(C)CO)c1c(F)cccc1F. The summed E-state index contributed by atoms with van der Waals surface area (Å²) in [5.41, 5.74) is -0.362. The molecule has 0 aromatic heterocycles. The summed E-state index contributed by atoms with van der Waals surface area (Å²) in [6.45, 7) is 2.51. The lowest BCUT2D eigenvalue weighted by Gasteiger charge is -2.20. The number of benzene rings is 1. The predicted octanol–water partition coefficient (Wildman–Crippen LogP) is 1.03. The number of rotatable bonds is 6. The topological polar surface area (TPSA) is 78.4 Å². The molecule has 0 radical (unpaired) electrons. The van der Waals surface area contributed by atoms with Gasteiger partial charge >= 0.3 is 0 Å². The van der Waals surface area contributed by atoms with E-state index in [2.05, 4.69) is 10.6 Å². The maximum absolute atomic E-state index is 13.8. The third kappa shape index (κ3) is 5.11. The van der Waals surface area contributed by atoms with Gasteiger partial charge in [0.05, 0.1) is 19.1 Å². The number of hydrogen-bond donors (Lipinski definition) is 3. The highest BCUT2D eigenvalue weighted by molar-refractivity contribution is 5.79. The lowest BCUT2D eigenvalue weighted by Crippen LogP contribution is -2.38. The van der Waals surface area contributed by atoms with Gasteiger partial charge in [-0.05, 0) is 19.1 Å². The van der Waals surface area contributed by atoms with Crippen LogP contribution in [0.5, 0.6) is 0 Å². The van der Waals surface area contributed by atoms with Crippen LogP contribution in [0.2, 0.25) is 0 Å². The normalized spacial score (nSPS) is 13.4. The third-order valence-electron chi connectivity index (χ3n) is 2.80. The molecule has 0 saturated carbocycles. The van der Waals surface area contributed by atoms with Crippen LogP contribution < -0.4 is 10.6 Å². The van der Waals surface area contributed by atoms with Gasteiger partial charge in [0.2, 0.25) is 11.8 Å². The van der Waals surface area contributed by atoms with Gasteiger partial charge in [0, 0.05) is 18.5 Å². The van der Waals surface area contributed by atoms with E-state index in [1.807, 2.05) is 0 Å². The molecule has 1 rings (SSSR count). The monoisotopic (exact) mass is 300 g/mol. The van der Waals surface area contributed by atoms with Crippen molar-refractivity contribution < 1.29 is 23.5 Å². The van der Waals surface area contributed by atoms with Crippen LogP contribution in [-0.4, -0.2) is 29.6 Å². The summed E-state index contributed by atoms with van der Waals surface area (Å²) in [6.07, 6.45) is -0.332. The summed E-state index contributed by atoms with van der Waals surface area (Å²) in [5, 5.41) is 13.7. The number of carbonyl (C=O) groups is 2. The van der Waals surface area contributed by atoms with E-state index < -0.39 is 35.5 Å². The first-order valence-corrected chi connectivity index (χ1v) is 6.46. The molecule has 1 aromatic rings. The lowest BCUT2D eigenvalue weighted by atomic mass is 10.0. The second kappa shape index (κ2) is 7.68. The summed E-state index contributed by atoms with van der Waals surface area (Å²) in [6, 6.07) is 1.71. The molecule has 2 unspecified atom stereocenters. The molecule has 0 spiro atoms. The van der Waals surface area contributed by atoms with Crippen molar-refractivity contribution in [3.63, 3.8) is 0 Å². The highest BCUT2D eigenvalue weighted by atomic mass is 19.1. The Bertz CT molecular complexity index is 503. The molecule has 0 aliphatic rings. The molecule has 2 atom stereocenters. The Hall–Kier alpha value is -2.02. The molecule has 7 heteroatoms. The summed E-state index contributed by atoms with van der Waals surface area (Å²) < 4.78 is 27.5. The fourth-order valence-electron chi connectivity index (χ4n) is 1.88. The van der Waals surface area contributed by atoms with Gasteiger partial charge < -0.3 is 15.7 Å². The minimum absolute atomic E-state index is 0.259. The summed E-state index contributed by atoms with van der Waals surface area (Å²) in [4.78, 5) is 23.0. The van der Waals surface area contributed by atoms with Crippen LogP contribution in [0.25, 0.3) is 0 Å². The lowest BCUT2D eigenvalue weighted by molar-refractivity contribution is -0.123. The zero-order valence-corrected chi connectivity index (χ0v) is 11.8. The van der Waals surface area contributed by atoms with E-state index in [4.69, 9.17) is 5.11 Å². The average Bonchev–Trinajstić information content (AvgIpc) is 2.37. The van der Waals surface area contributed by atoms with E-state index in [9.17, 15) is 18.4 Å². The third-order valence-corrected chi connectivity index (χ3v) is 2.80. The zero-order valence-electron chi connectivity index (χ0n) is 11.8. The van der Waals surface area contributed by atoms with Gasteiger partial charge in [0.15, 0.2) is 0 Å². The summed E-state index contributed by atoms with van der Waals surface area (Å²) >= 11 is 0. The van der Waals surface area contributed by atoms with Crippen molar-refractivity contribution in [2.45, 2.75) is 32.4 Å². The smallest absolute Gasteiger partial charge is 0.222 e. The van der Waals surface area contributed by atoms with E-state index in [1.54, 1.807) is 6.92 Å². The fraction of sp³-hybridized carbons (Fsp3) is 0.429. The standard InChI is InChI=1S/C14H18F2N2O3/c1-8(7-19)17-13(21)6-12(18-9(2)20)14-10(15)4-3-5-11(14)16/h3-5,8,12,19H,6-7H2,1-2H3,(H,17,21)(H,18,20). The molecule has 116 valence electrons. The first kappa shape index (κ1) is 17.0. The van der Waals surface area contributed by atoms with E-state index in [1.165, 1.54) is 13.0 Å². The highest BCUT2D eigenvalue weighted by Gasteiger charge is 2.24. The molecular formula is C14H18F2N2O3. The van der Waals surface area contributed by atoms with Crippen molar-refractivity contribution in [2.75, 3.05) is 6.61 Å². The molecule has 0 fully saturated rings. The number of amides is 2. The Morgan fingerprint density at radius 3 is 2.29 bits per heavy atom. The largest absolute Gasteiger partial charge is 0.394 e. The van der Waals surface area contributed by atoms with Crippen LogP contribution in [0.3, 0.4) is 0 Å². The van der Waals surface area contributed by atoms with Crippen molar-refractivity contribution in [3.8, 4) is 0 Å². The van der Waals surface area contributed by atoms with Crippen molar-refractivity contribution >= 4 is 11.8 Å². The Morgan fingerprint density at radius 1 is 1.24 bits per heavy atom. The van der Waals surface area contributed by atoms with Gasteiger partial charge in [-0.2, -0.15) is 0 Å². The second-order valence-corrected chi connectivity index (χ2v) is 4.74. The predicted molar refractivity (Wildman–Crippen MR) is 72.2 cm³/mol. The molecule has 0 bridgehead atoms. The first-order chi connectivity index (χ1) is 9.85. The van der Waals surface area contributed by atoms with Crippen LogP contribution in [0.4, 0.5) is 8.78 Å². The van der Waals surface area contributed by atoms with E-state index in [0.717, 1.165) is 12.1 Å². The Balaban J connectivity index is 2.96. The minimum Gasteiger partial charge on any atom is -0.394 e. The van der Waals surface area contributed by atoms with Gasteiger partial charge in [0.25, 0.3) is 0 Å². The molecule has 2 amide bonds. The van der Waals surface area contributed by atoms with Crippen molar-refractivity contribution in [3.05, 3.63) is 35.4 Å². The quantitative estimate of drug-likeness (QED) is 0.734. The fourth-order valence-corrected chi connectivity index (χ4v) is 1.88. The molecule has 5 nitrogen and oxygen atoms in total. The van der Waals surface area contributed by atoms with Gasteiger partial charge in [0.1, 0.15) is 11.6 Å². The minimum atomic E-state index is -1.12. The molecule has 1 aromatic carbocycles. The van der Waals surface area contributed by atoms with Crippen LogP contribution in [0.15, 0.2) is 18.2 Å². The average molecular weight is 300 g/mol. The zero-order chi connectivity index (χ0) is 16.0. The molecular weight excluding hydrogens is 282 g/mol. The molecule has 0 aliphatic heterocycles. The number of nitrogens with one attached hydrogen (secondary N) is 2. The van der Waals surface area contributed by atoms with Crippen LogP contribution in [0, 0.1) is 11.6 Å². The van der Waals surface area contributed by atoms with Crippen molar-refractivity contribution in [1.82, 2.24) is 10.6 Å². The summed E-state index contributed by atoms with van der Waals surface area (Å²) in [7, 11) is 0. The maximum Gasteiger partial charge on any atom is 0.222 e. The highest BCUT2D eigenvalue weighted by Crippen LogP contribution is 2.23. The first-order valence-electron chi connectivity index (χ1n) is 6.46. The molecule has 0 saturated heterocycles. The van der Waals surface area contributed by atoms with Crippen LogP contribution in [0.1, 0.15) is 31.9 Å². The Morgan fingerprint density at radius 2 is 1.81 bits per heavy atom. The number of aliphatic hydroxyl groups excluding tert-OH is 1. The number of hydrogen-bond acceptors (Lipinski definition) is 3.